The van der Waals surface area contributed by atoms with E-state index in [2.05, 4.69) is 26.4 Å². The molecule has 4 heterocycles. The van der Waals surface area contributed by atoms with Gasteiger partial charge in [0.25, 0.3) is 5.56 Å². The number of hydrogen-bond acceptors (Lipinski definition) is 8. The number of hydrogen-bond donors (Lipinski definition) is 2. The molecule has 14 heteroatoms. The van der Waals surface area contributed by atoms with Crippen molar-refractivity contribution in [2.45, 2.75) is 71.6 Å². The van der Waals surface area contributed by atoms with Crippen LogP contribution >= 0.6 is 0 Å². The van der Waals surface area contributed by atoms with E-state index in [0.717, 1.165) is 55.4 Å². The highest BCUT2D eigenvalue weighted by molar-refractivity contribution is 5.91. The standard InChI is InChI=1S/C34H39F3N8O3/c1-3-27-30(43-16-14-42(15-17-43)20-24-12-13-38-19-28(24)46)32(48)45-33(40-31(41-45)23-8-6-4-5-7-9-23)44(27)21-29(47)39-26-11-10-25(18-22(26)2)34(35,36)37/h8,10-13,18-19,46H,3-7,9,14-17,20-21H2,1-2H3,(H,39,47). The monoisotopic (exact) mass is 664 g/mol. The van der Waals surface area contributed by atoms with Gasteiger partial charge in [0.15, 0.2) is 5.82 Å². The zero-order valence-corrected chi connectivity index (χ0v) is 27.1. The Hall–Kier alpha value is -4.72. The van der Waals surface area contributed by atoms with E-state index in [9.17, 15) is 27.9 Å². The molecule has 6 rings (SSSR count). The van der Waals surface area contributed by atoms with E-state index in [4.69, 9.17) is 4.98 Å². The Kier molecular flexibility index (Phi) is 9.54. The number of piperazine rings is 1. The third kappa shape index (κ3) is 6.93. The van der Waals surface area contributed by atoms with Gasteiger partial charge in [-0.15, -0.1) is 5.10 Å². The van der Waals surface area contributed by atoms with Crippen LogP contribution < -0.4 is 15.8 Å². The Labute approximate surface area is 275 Å². The Morgan fingerprint density at radius 3 is 2.58 bits per heavy atom. The molecule has 0 atom stereocenters. The number of fused-ring (bicyclic) bond motifs is 1. The number of alkyl halides is 3. The normalized spacial score (nSPS) is 16.2. The molecule has 0 saturated carbocycles. The number of pyridine rings is 1. The predicted octanol–water partition coefficient (Wildman–Crippen LogP) is 5.19. The van der Waals surface area contributed by atoms with Crippen molar-refractivity contribution in [2.24, 2.45) is 0 Å². The molecular weight excluding hydrogens is 625 g/mol. The molecule has 1 amide bonds. The lowest BCUT2D eigenvalue weighted by molar-refractivity contribution is -0.137. The highest BCUT2D eigenvalue weighted by Gasteiger charge is 2.31. The van der Waals surface area contributed by atoms with Gasteiger partial charge in [-0.25, -0.2) is 0 Å². The average molecular weight is 665 g/mol. The van der Waals surface area contributed by atoms with Gasteiger partial charge in [0.2, 0.25) is 11.7 Å². The van der Waals surface area contributed by atoms with Crippen molar-refractivity contribution < 1.29 is 23.1 Å². The molecule has 48 heavy (non-hydrogen) atoms. The summed E-state index contributed by atoms with van der Waals surface area (Å²) < 4.78 is 42.7. The minimum atomic E-state index is -4.49. The molecule has 2 aliphatic rings. The molecule has 4 aromatic rings. The SMILES string of the molecule is CCc1c(N2CCN(Cc3ccncc3O)CC2)c(=O)n2nc(C3=CCCCCC3)nc2n1CC(=O)Nc1ccc(C(F)(F)F)cc1C. The number of amides is 1. The lowest BCUT2D eigenvalue weighted by Gasteiger charge is -2.36. The Morgan fingerprint density at radius 2 is 1.88 bits per heavy atom. The molecule has 0 unspecified atom stereocenters. The summed E-state index contributed by atoms with van der Waals surface area (Å²) in [5.41, 5.74) is 2.26. The van der Waals surface area contributed by atoms with Gasteiger partial charge in [-0.3, -0.25) is 19.5 Å². The molecule has 2 N–H and O–H groups in total. The van der Waals surface area contributed by atoms with Crippen LogP contribution in [0.3, 0.4) is 0 Å². The highest BCUT2D eigenvalue weighted by Crippen LogP contribution is 2.32. The third-order valence-corrected chi connectivity index (χ3v) is 9.09. The molecule has 254 valence electrons. The van der Waals surface area contributed by atoms with Crippen LogP contribution in [0.1, 0.15) is 67.2 Å². The highest BCUT2D eigenvalue weighted by atomic mass is 19.4. The number of carbonyl (C=O) groups is 1. The molecule has 3 aromatic heterocycles. The number of rotatable bonds is 8. The van der Waals surface area contributed by atoms with Crippen LogP contribution in [-0.2, 0) is 30.5 Å². The fourth-order valence-corrected chi connectivity index (χ4v) is 6.52. The number of anilines is 2. The van der Waals surface area contributed by atoms with Gasteiger partial charge >= 0.3 is 6.18 Å². The molecule has 0 bridgehead atoms. The zero-order chi connectivity index (χ0) is 34.0. The average Bonchev–Trinajstić information content (AvgIpc) is 3.33. The number of aromatic nitrogens is 5. The second-order valence-electron chi connectivity index (χ2n) is 12.4. The van der Waals surface area contributed by atoms with Crippen molar-refractivity contribution in [1.29, 1.82) is 0 Å². The van der Waals surface area contributed by atoms with Gasteiger partial charge in [-0.1, -0.05) is 19.4 Å². The second kappa shape index (κ2) is 13.8. The Bertz CT molecular complexity index is 1910. The van der Waals surface area contributed by atoms with Crippen LogP contribution in [-0.4, -0.2) is 66.2 Å². The number of halogens is 3. The number of benzene rings is 1. The minimum absolute atomic E-state index is 0.136. The molecular formula is C34H39F3N8O3. The molecule has 0 radical (unpaired) electrons. The summed E-state index contributed by atoms with van der Waals surface area (Å²) in [6.07, 6.45) is 5.97. The van der Waals surface area contributed by atoms with Gasteiger partial charge in [-0.05, 0) is 74.4 Å². The smallest absolute Gasteiger partial charge is 0.416 e. The number of nitrogens with zero attached hydrogens (tertiary/aromatic N) is 7. The van der Waals surface area contributed by atoms with Crippen molar-refractivity contribution >= 4 is 28.6 Å². The molecule has 1 fully saturated rings. The first-order valence-electron chi connectivity index (χ1n) is 16.3. The molecule has 11 nitrogen and oxygen atoms in total. The summed E-state index contributed by atoms with van der Waals surface area (Å²) in [5, 5.41) is 17.6. The number of aromatic hydroxyl groups is 1. The van der Waals surface area contributed by atoms with Crippen molar-refractivity contribution in [3.8, 4) is 5.75 Å². The van der Waals surface area contributed by atoms with Gasteiger partial charge < -0.3 is 19.9 Å². The van der Waals surface area contributed by atoms with Crippen LogP contribution in [0.25, 0.3) is 11.4 Å². The first-order valence-corrected chi connectivity index (χ1v) is 16.3. The van der Waals surface area contributed by atoms with Crippen molar-refractivity contribution in [1.82, 2.24) is 29.0 Å². The number of allylic oxidation sites excluding steroid dienone is 2. The maximum absolute atomic E-state index is 14.2. The lowest BCUT2D eigenvalue weighted by atomic mass is 10.1. The minimum Gasteiger partial charge on any atom is -0.506 e. The van der Waals surface area contributed by atoms with Crippen LogP contribution in [0.4, 0.5) is 24.5 Å². The summed E-state index contributed by atoms with van der Waals surface area (Å²) in [4.78, 5) is 40.7. The van der Waals surface area contributed by atoms with Gasteiger partial charge in [0.05, 0.1) is 17.5 Å². The van der Waals surface area contributed by atoms with Crippen molar-refractivity contribution in [2.75, 3.05) is 36.4 Å². The number of aryl methyl sites for hydroxylation is 1. The van der Waals surface area contributed by atoms with Gasteiger partial charge in [-0.2, -0.15) is 22.7 Å². The Balaban J connectivity index is 1.34. The second-order valence-corrected chi connectivity index (χ2v) is 12.4. The summed E-state index contributed by atoms with van der Waals surface area (Å²) >= 11 is 0. The fraction of sp³-hybridized carbons (Fsp3) is 0.441. The maximum atomic E-state index is 14.2. The topological polar surface area (TPSA) is 121 Å². The first kappa shape index (κ1) is 33.2. The van der Waals surface area contributed by atoms with E-state index < -0.39 is 17.6 Å². The van der Waals surface area contributed by atoms with Crippen molar-refractivity contribution in [3.05, 3.63) is 81.3 Å². The zero-order valence-electron chi connectivity index (χ0n) is 27.1. The van der Waals surface area contributed by atoms with Crippen LogP contribution in [0.2, 0.25) is 0 Å². The van der Waals surface area contributed by atoms with E-state index in [1.165, 1.54) is 23.7 Å². The maximum Gasteiger partial charge on any atom is 0.416 e. The molecule has 1 aromatic carbocycles. The Morgan fingerprint density at radius 1 is 1.08 bits per heavy atom. The van der Waals surface area contributed by atoms with E-state index in [1.807, 2.05) is 11.8 Å². The predicted molar refractivity (Wildman–Crippen MR) is 176 cm³/mol. The number of nitrogens with one attached hydrogen (secondary N) is 1. The van der Waals surface area contributed by atoms with E-state index in [-0.39, 0.29) is 34.9 Å². The van der Waals surface area contributed by atoms with Crippen LogP contribution in [0.5, 0.6) is 5.75 Å². The third-order valence-electron chi connectivity index (χ3n) is 9.09. The summed E-state index contributed by atoms with van der Waals surface area (Å²) in [6, 6.07) is 4.98. The van der Waals surface area contributed by atoms with Crippen LogP contribution in [0, 0.1) is 6.92 Å². The largest absolute Gasteiger partial charge is 0.506 e. The summed E-state index contributed by atoms with van der Waals surface area (Å²) in [6.45, 7) is 6.06. The van der Waals surface area contributed by atoms with E-state index >= 15 is 0 Å². The first-order chi connectivity index (χ1) is 23.0. The fourth-order valence-electron chi connectivity index (χ4n) is 6.52. The quantitative estimate of drug-likeness (QED) is 0.264. The summed E-state index contributed by atoms with van der Waals surface area (Å²) in [7, 11) is 0. The van der Waals surface area contributed by atoms with E-state index in [1.54, 1.807) is 16.8 Å². The molecule has 1 saturated heterocycles. The lowest BCUT2D eigenvalue weighted by Crippen LogP contribution is -2.48. The van der Waals surface area contributed by atoms with Crippen molar-refractivity contribution in [3.63, 3.8) is 0 Å². The van der Waals surface area contributed by atoms with E-state index in [0.29, 0.717) is 56.4 Å². The number of carbonyl (C=O) groups excluding carboxylic acids is 1. The molecule has 0 spiro atoms. The van der Waals surface area contributed by atoms with Gasteiger partial charge in [0, 0.05) is 50.2 Å². The molecule has 1 aliphatic carbocycles. The summed E-state index contributed by atoms with van der Waals surface area (Å²) in [5.74, 6) is 0.371. The van der Waals surface area contributed by atoms with Gasteiger partial charge in [0.1, 0.15) is 18.0 Å². The molecule has 1 aliphatic heterocycles. The van der Waals surface area contributed by atoms with Crippen LogP contribution in [0.15, 0.2) is 47.5 Å².